The molecule has 2 heterocycles. The number of fused-ring (bicyclic) bond motifs is 1. The van der Waals surface area contributed by atoms with Crippen LogP contribution in [0, 0.1) is 0 Å². The van der Waals surface area contributed by atoms with Gasteiger partial charge in [0.2, 0.25) is 4.80 Å². The summed E-state index contributed by atoms with van der Waals surface area (Å²) in [5.74, 6) is -0.119. The Bertz CT molecular complexity index is 1260. The van der Waals surface area contributed by atoms with Gasteiger partial charge >= 0.3 is 0 Å². The average molecular weight is 410 g/mol. The first-order chi connectivity index (χ1) is 13.5. The van der Waals surface area contributed by atoms with E-state index in [0.29, 0.717) is 14.8 Å². The second kappa shape index (κ2) is 7.53. The number of rotatable bonds is 4. The third-order valence-electron chi connectivity index (χ3n) is 4.20. The van der Waals surface area contributed by atoms with Crippen LogP contribution < -0.4 is 4.80 Å². The number of carbonyl (C=O) groups is 1. The molecule has 0 aliphatic rings. The molecule has 4 rings (SSSR count). The van der Waals surface area contributed by atoms with Crippen molar-refractivity contribution in [2.45, 2.75) is 13.8 Å². The number of Topliss-reactive ketones (excluding diaryl/α,β-unsaturated/α-hetero) is 1. The lowest BCUT2D eigenvalue weighted by atomic mass is 10.1. The molecule has 28 heavy (non-hydrogen) atoms. The Morgan fingerprint density at radius 2 is 1.89 bits per heavy atom. The molecule has 6 nitrogen and oxygen atoms in total. The Morgan fingerprint density at radius 3 is 2.64 bits per heavy atom. The van der Waals surface area contributed by atoms with E-state index in [2.05, 4.69) is 20.3 Å². The molecule has 0 aliphatic heterocycles. The molecule has 2 aromatic carbocycles. The molecule has 0 unspecified atom stereocenters. The van der Waals surface area contributed by atoms with E-state index in [-0.39, 0.29) is 5.78 Å². The Hall–Kier alpha value is -3.03. The van der Waals surface area contributed by atoms with Crippen molar-refractivity contribution in [3.63, 3.8) is 0 Å². The van der Waals surface area contributed by atoms with E-state index in [1.54, 1.807) is 16.8 Å². The Balaban J connectivity index is 1.81. The van der Waals surface area contributed by atoms with Crippen molar-refractivity contribution in [3.05, 3.63) is 75.1 Å². The number of carbonyl (C=O) groups excluding carboxylic acids is 1. The Morgan fingerprint density at radius 1 is 1.14 bits per heavy atom. The number of benzene rings is 2. The molecule has 0 saturated carbocycles. The Kier molecular flexibility index (Phi) is 4.93. The normalized spacial score (nSPS) is 12.7. The third-order valence-corrected chi connectivity index (χ3v) is 5.45. The molecule has 0 atom stereocenters. The maximum atomic E-state index is 11.8. The summed E-state index contributed by atoms with van der Waals surface area (Å²) in [6.07, 6.45) is 1.92. The predicted octanol–water partition coefficient (Wildman–Crippen LogP) is 4.60. The highest BCUT2D eigenvalue weighted by molar-refractivity contribution is 7.10. The van der Waals surface area contributed by atoms with E-state index in [9.17, 15) is 4.79 Å². The number of nitrogens with one attached hydrogen (secondary N) is 1. The van der Waals surface area contributed by atoms with Crippen LogP contribution in [-0.2, 0) is 0 Å². The van der Waals surface area contributed by atoms with Gasteiger partial charge < -0.3 is 4.98 Å². The summed E-state index contributed by atoms with van der Waals surface area (Å²) in [5, 5.41) is 15.2. The first kappa shape index (κ1) is 18.3. The van der Waals surface area contributed by atoms with Gasteiger partial charge in [0, 0.05) is 34.6 Å². The van der Waals surface area contributed by atoms with Gasteiger partial charge in [-0.15, -0.1) is 5.10 Å². The minimum atomic E-state index is -0.119. The van der Waals surface area contributed by atoms with Crippen LogP contribution in [0.1, 0.15) is 29.2 Å². The lowest BCUT2D eigenvalue weighted by Gasteiger charge is -2.00. The molecule has 0 saturated heterocycles. The van der Waals surface area contributed by atoms with Gasteiger partial charge in [-0.3, -0.25) is 4.79 Å². The molecule has 140 valence electrons. The Labute approximate surface area is 169 Å². The maximum absolute atomic E-state index is 11.8. The first-order valence-electron chi connectivity index (χ1n) is 8.55. The van der Waals surface area contributed by atoms with Crippen molar-refractivity contribution in [1.29, 1.82) is 0 Å². The van der Waals surface area contributed by atoms with Crippen LogP contribution in [0.5, 0.6) is 0 Å². The summed E-state index contributed by atoms with van der Waals surface area (Å²) >= 11 is 7.17. The minimum absolute atomic E-state index is 0.119. The van der Waals surface area contributed by atoms with E-state index in [0.717, 1.165) is 27.9 Å². The van der Waals surface area contributed by atoms with E-state index in [1.165, 1.54) is 18.3 Å². The maximum Gasteiger partial charge on any atom is 0.233 e. The molecule has 2 aromatic heterocycles. The minimum Gasteiger partial charge on any atom is -0.360 e. The fraction of sp³-hybridized carbons (Fsp3) is 0.100. The quantitative estimate of drug-likeness (QED) is 0.304. The van der Waals surface area contributed by atoms with Crippen LogP contribution in [0.15, 0.2) is 64.9 Å². The standard InChI is InChI=1S/C20H16ClN5OS/c1-12(17-11-22-18-6-4-3-5-16(17)18)23-24-20-26(25-19(28-20)13(2)27)15-9-7-14(21)8-10-15/h3-11,22H,1-2H3/b23-12-,24-20-. The van der Waals surface area contributed by atoms with Gasteiger partial charge in [0.25, 0.3) is 0 Å². The molecule has 0 fully saturated rings. The van der Waals surface area contributed by atoms with Crippen molar-refractivity contribution in [3.8, 4) is 5.69 Å². The van der Waals surface area contributed by atoms with E-state index in [1.807, 2.05) is 49.5 Å². The zero-order valence-corrected chi connectivity index (χ0v) is 16.8. The lowest BCUT2D eigenvalue weighted by molar-refractivity contribution is 0.101. The summed E-state index contributed by atoms with van der Waals surface area (Å²) in [7, 11) is 0. The van der Waals surface area contributed by atoms with Gasteiger partial charge in [0.1, 0.15) is 0 Å². The number of hydrogen-bond donors (Lipinski definition) is 1. The third kappa shape index (κ3) is 3.54. The van der Waals surface area contributed by atoms with E-state index in [4.69, 9.17) is 11.6 Å². The molecular weight excluding hydrogens is 394 g/mol. The largest absolute Gasteiger partial charge is 0.360 e. The van der Waals surface area contributed by atoms with Crippen molar-refractivity contribution in [2.75, 3.05) is 0 Å². The van der Waals surface area contributed by atoms with E-state index >= 15 is 0 Å². The van der Waals surface area contributed by atoms with Crippen molar-refractivity contribution < 1.29 is 4.79 Å². The molecule has 4 aromatic rings. The van der Waals surface area contributed by atoms with Crippen molar-refractivity contribution in [1.82, 2.24) is 14.8 Å². The lowest BCUT2D eigenvalue weighted by Crippen LogP contribution is -2.14. The molecular formula is C20H16ClN5OS. The van der Waals surface area contributed by atoms with Gasteiger partial charge in [0.15, 0.2) is 10.8 Å². The highest BCUT2D eigenvalue weighted by atomic mass is 35.5. The zero-order chi connectivity index (χ0) is 19.7. The van der Waals surface area contributed by atoms with E-state index < -0.39 is 0 Å². The number of halogens is 1. The molecule has 0 aliphatic carbocycles. The van der Waals surface area contributed by atoms with Crippen molar-refractivity contribution in [2.24, 2.45) is 10.2 Å². The SMILES string of the molecule is CC(=O)c1nn(-c2ccc(Cl)cc2)/c(=N/N=C(/C)c2c[nH]c3ccccc23)s1. The monoisotopic (exact) mass is 409 g/mol. The molecule has 0 bridgehead atoms. The van der Waals surface area contributed by atoms with Gasteiger partial charge in [-0.2, -0.15) is 10.2 Å². The number of nitrogens with zero attached hydrogens (tertiary/aromatic N) is 4. The van der Waals surface area contributed by atoms with Crippen LogP contribution in [0.25, 0.3) is 16.6 Å². The van der Waals surface area contributed by atoms with Crippen LogP contribution in [0.2, 0.25) is 5.02 Å². The van der Waals surface area contributed by atoms with Gasteiger partial charge in [-0.1, -0.05) is 41.1 Å². The average Bonchev–Trinajstić information content (AvgIpc) is 3.31. The predicted molar refractivity (Wildman–Crippen MR) is 113 cm³/mol. The number of aromatic nitrogens is 3. The number of hydrogen-bond acceptors (Lipinski definition) is 5. The second-order valence-corrected chi connectivity index (χ2v) is 7.56. The number of H-pyrrole nitrogens is 1. The summed E-state index contributed by atoms with van der Waals surface area (Å²) in [4.78, 5) is 15.5. The number of ketones is 1. The zero-order valence-electron chi connectivity index (χ0n) is 15.2. The molecule has 0 radical (unpaired) electrons. The number of aromatic amines is 1. The summed E-state index contributed by atoms with van der Waals surface area (Å²) in [5.41, 5.74) is 3.54. The molecule has 1 N–H and O–H groups in total. The van der Waals surface area contributed by atoms with Crippen LogP contribution in [0.4, 0.5) is 0 Å². The smallest absolute Gasteiger partial charge is 0.233 e. The molecule has 0 spiro atoms. The first-order valence-corrected chi connectivity index (χ1v) is 9.74. The van der Waals surface area contributed by atoms with Crippen molar-refractivity contribution >= 4 is 45.3 Å². The van der Waals surface area contributed by atoms with Crippen LogP contribution >= 0.6 is 22.9 Å². The van der Waals surface area contributed by atoms with Gasteiger partial charge in [0.05, 0.1) is 11.4 Å². The van der Waals surface area contributed by atoms with Gasteiger partial charge in [-0.05, 0) is 37.3 Å². The topological polar surface area (TPSA) is 75.4 Å². The highest BCUT2D eigenvalue weighted by Crippen LogP contribution is 2.18. The number of para-hydroxylation sites is 1. The molecule has 0 amide bonds. The summed E-state index contributed by atoms with van der Waals surface area (Å²) in [6.45, 7) is 3.38. The summed E-state index contributed by atoms with van der Waals surface area (Å²) in [6, 6.07) is 15.2. The highest BCUT2D eigenvalue weighted by Gasteiger charge is 2.11. The van der Waals surface area contributed by atoms with Gasteiger partial charge in [-0.25, -0.2) is 4.68 Å². The fourth-order valence-electron chi connectivity index (χ4n) is 2.78. The fourth-order valence-corrected chi connectivity index (χ4v) is 3.66. The summed E-state index contributed by atoms with van der Waals surface area (Å²) < 4.78 is 1.60. The second-order valence-electron chi connectivity index (χ2n) is 6.17. The van der Waals surface area contributed by atoms with Crippen LogP contribution in [0.3, 0.4) is 0 Å². The molecule has 8 heteroatoms. The van der Waals surface area contributed by atoms with Crippen LogP contribution in [-0.4, -0.2) is 26.3 Å².